The number of halogens is 1. The summed E-state index contributed by atoms with van der Waals surface area (Å²) in [5.74, 6) is -0.549. The molecule has 0 fully saturated rings. The van der Waals surface area contributed by atoms with Crippen LogP contribution in [0.2, 0.25) is 0 Å². The van der Waals surface area contributed by atoms with E-state index < -0.39 is 12.0 Å². The molecule has 18 heavy (non-hydrogen) atoms. The minimum Gasteiger partial charge on any atom is -0.480 e. The lowest BCUT2D eigenvalue weighted by molar-refractivity contribution is -0.136. The van der Waals surface area contributed by atoms with Gasteiger partial charge in [0.2, 0.25) is 0 Å². The molecule has 0 saturated heterocycles. The Morgan fingerprint density at radius 1 is 1.67 bits per heavy atom. The molecule has 0 saturated carbocycles. The van der Waals surface area contributed by atoms with Gasteiger partial charge in [-0.1, -0.05) is 0 Å². The van der Waals surface area contributed by atoms with E-state index >= 15 is 0 Å². The van der Waals surface area contributed by atoms with E-state index in [1.165, 1.54) is 0 Å². The van der Waals surface area contributed by atoms with E-state index in [9.17, 15) is 4.79 Å². The standard InChI is InChI=1S/C11H9BrN4O2/c12-7-1-2-8-4-15-11(16(8)6-7)9(3-13)14-5-10(17)18/h1-2,4,6,9,14H,5H2,(H,17,18). The first-order valence-corrected chi connectivity index (χ1v) is 5.88. The minimum absolute atomic E-state index is 0.291. The van der Waals surface area contributed by atoms with Crippen LogP contribution in [-0.2, 0) is 4.79 Å². The highest BCUT2D eigenvalue weighted by Crippen LogP contribution is 2.17. The molecule has 2 N–H and O–H groups in total. The molecule has 2 heterocycles. The molecule has 0 radical (unpaired) electrons. The van der Waals surface area contributed by atoms with Crippen LogP contribution >= 0.6 is 15.9 Å². The molecule has 6 nitrogen and oxygen atoms in total. The van der Waals surface area contributed by atoms with Crippen molar-refractivity contribution < 1.29 is 9.90 Å². The lowest BCUT2D eigenvalue weighted by Gasteiger charge is -2.09. The number of carboxylic acid groups (broad SMARTS) is 1. The number of aliphatic carboxylic acids is 1. The zero-order chi connectivity index (χ0) is 13.1. The molecule has 0 amide bonds. The number of aromatic nitrogens is 2. The predicted molar refractivity (Wildman–Crippen MR) is 66.9 cm³/mol. The summed E-state index contributed by atoms with van der Waals surface area (Å²) in [6, 6.07) is 4.95. The number of pyridine rings is 1. The van der Waals surface area contributed by atoms with Crippen molar-refractivity contribution in [3.05, 3.63) is 34.8 Å². The summed E-state index contributed by atoms with van der Waals surface area (Å²) in [6.07, 6.45) is 3.42. The molecule has 2 aromatic rings. The maximum atomic E-state index is 10.5. The molecule has 0 aliphatic rings. The first-order chi connectivity index (χ1) is 8.61. The number of nitrogens with zero attached hydrogens (tertiary/aromatic N) is 3. The maximum Gasteiger partial charge on any atom is 0.317 e. The van der Waals surface area contributed by atoms with Crippen molar-refractivity contribution in [2.45, 2.75) is 6.04 Å². The smallest absolute Gasteiger partial charge is 0.317 e. The van der Waals surface area contributed by atoms with E-state index in [4.69, 9.17) is 10.4 Å². The highest BCUT2D eigenvalue weighted by Gasteiger charge is 2.16. The van der Waals surface area contributed by atoms with Gasteiger partial charge in [-0.05, 0) is 28.1 Å². The van der Waals surface area contributed by atoms with Crippen LogP contribution in [0.1, 0.15) is 11.9 Å². The quantitative estimate of drug-likeness (QED) is 0.889. The van der Waals surface area contributed by atoms with Crippen LogP contribution in [0.25, 0.3) is 5.52 Å². The number of carboxylic acids is 1. The third-order valence-corrected chi connectivity index (χ3v) is 2.83. The van der Waals surface area contributed by atoms with Crippen molar-refractivity contribution in [1.82, 2.24) is 14.7 Å². The SMILES string of the molecule is N#CC(NCC(=O)O)c1ncc2ccc(Br)cn12. The molecule has 1 unspecified atom stereocenters. The van der Waals surface area contributed by atoms with Crippen molar-refractivity contribution in [3.63, 3.8) is 0 Å². The Morgan fingerprint density at radius 2 is 2.44 bits per heavy atom. The molecule has 0 spiro atoms. The fourth-order valence-electron chi connectivity index (χ4n) is 1.58. The van der Waals surface area contributed by atoms with Gasteiger partial charge in [0, 0.05) is 10.7 Å². The summed E-state index contributed by atoms with van der Waals surface area (Å²) in [6.45, 7) is -0.291. The summed E-state index contributed by atoms with van der Waals surface area (Å²) in [7, 11) is 0. The van der Waals surface area contributed by atoms with Crippen molar-refractivity contribution in [2.75, 3.05) is 6.54 Å². The molecule has 2 aromatic heterocycles. The van der Waals surface area contributed by atoms with Gasteiger partial charge in [0.15, 0.2) is 6.04 Å². The summed E-state index contributed by atoms with van der Waals surface area (Å²) >= 11 is 3.34. The molecular formula is C11H9BrN4O2. The van der Waals surface area contributed by atoms with Gasteiger partial charge in [-0.3, -0.25) is 10.1 Å². The number of nitrogens with one attached hydrogen (secondary N) is 1. The van der Waals surface area contributed by atoms with Gasteiger partial charge in [-0.2, -0.15) is 5.26 Å². The zero-order valence-corrected chi connectivity index (χ0v) is 10.8. The Morgan fingerprint density at radius 3 is 3.11 bits per heavy atom. The second kappa shape index (κ2) is 5.16. The molecule has 0 bridgehead atoms. The largest absolute Gasteiger partial charge is 0.480 e. The van der Waals surface area contributed by atoms with Crippen LogP contribution in [-0.4, -0.2) is 27.0 Å². The molecule has 0 aliphatic carbocycles. The van der Waals surface area contributed by atoms with E-state index in [0.29, 0.717) is 5.82 Å². The van der Waals surface area contributed by atoms with Gasteiger partial charge in [0.1, 0.15) is 5.82 Å². The zero-order valence-electron chi connectivity index (χ0n) is 9.17. The molecule has 92 valence electrons. The second-order valence-electron chi connectivity index (χ2n) is 3.60. The first-order valence-electron chi connectivity index (χ1n) is 5.09. The number of nitriles is 1. The maximum absolute atomic E-state index is 10.5. The highest BCUT2D eigenvalue weighted by molar-refractivity contribution is 9.10. The normalized spacial score (nSPS) is 12.2. The van der Waals surface area contributed by atoms with E-state index in [1.54, 1.807) is 16.8 Å². The molecule has 0 aromatic carbocycles. The Hall–Kier alpha value is -1.91. The van der Waals surface area contributed by atoms with Crippen molar-refractivity contribution in [2.24, 2.45) is 0 Å². The molecule has 7 heteroatoms. The highest BCUT2D eigenvalue weighted by atomic mass is 79.9. The summed E-state index contributed by atoms with van der Waals surface area (Å²) in [5.41, 5.74) is 0.838. The van der Waals surface area contributed by atoms with Crippen LogP contribution < -0.4 is 5.32 Å². The van der Waals surface area contributed by atoms with Crippen LogP contribution in [0, 0.1) is 11.3 Å². The van der Waals surface area contributed by atoms with Gasteiger partial charge < -0.3 is 9.51 Å². The minimum atomic E-state index is -1.02. The van der Waals surface area contributed by atoms with Crippen molar-refractivity contribution in [1.29, 1.82) is 5.26 Å². The molecule has 2 rings (SSSR count). The monoisotopic (exact) mass is 308 g/mol. The summed E-state index contributed by atoms with van der Waals surface area (Å²) < 4.78 is 2.59. The molecular weight excluding hydrogens is 300 g/mol. The lowest BCUT2D eigenvalue weighted by atomic mass is 10.3. The third-order valence-electron chi connectivity index (χ3n) is 2.36. The van der Waals surface area contributed by atoms with E-state index in [2.05, 4.69) is 26.2 Å². The first kappa shape index (κ1) is 12.5. The van der Waals surface area contributed by atoms with Gasteiger partial charge in [-0.15, -0.1) is 0 Å². The number of fused-ring (bicyclic) bond motifs is 1. The predicted octanol–water partition coefficient (Wildman–Crippen LogP) is 1.34. The van der Waals surface area contributed by atoms with Crippen LogP contribution in [0.3, 0.4) is 0 Å². The topological polar surface area (TPSA) is 90.4 Å². The fourth-order valence-corrected chi connectivity index (χ4v) is 1.92. The number of carbonyl (C=O) groups is 1. The van der Waals surface area contributed by atoms with E-state index in [1.807, 2.05) is 18.2 Å². The van der Waals surface area contributed by atoms with E-state index in [-0.39, 0.29) is 6.54 Å². The van der Waals surface area contributed by atoms with E-state index in [0.717, 1.165) is 9.99 Å². The Balaban J connectivity index is 2.36. The number of rotatable bonds is 4. The number of hydrogen-bond acceptors (Lipinski definition) is 4. The van der Waals surface area contributed by atoms with Crippen LogP contribution in [0.4, 0.5) is 0 Å². The van der Waals surface area contributed by atoms with Crippen LogP contribution in [0.15, 0.2) is 29.0 Å². The average Bonchev–Trinajstić information content (AvgIpc) is 2.73. The number of imidazole rings is 1. The Kier molecular flexibility index (Phi) is 3.60. The molecule has 0 aliphatic heterocycles. The van der Waals surface area contributed by atoms with Gasteiger partial charge >= 0.3 is 5.97 Å². The number of hydrogen-bond donors (Lipinski definition) is 2. The summed E-state index contributed by atoms with van der Waals surface area (Å²) in [5, 5.41) is 20.3. The Labute approximate surface area is 111 Å². The molecule has 1 atom stereocenters. The third kappa shape index (κ3) is 2.50. The Bertz CT molecular complexity index is 631. The second-order valence-corrected chi connectivity index (χ2v) is 4.51. The van der Waals surface area contributed by atoms with Crippen molar-refractivity contribution >= 4 is 27.4 Å². The average molecular weight is 309 g/mol. The van der Waals surface area contributed by atoms with Gasteiger partial charge in [-0.25, -0.2) is 4.98 Å². The van der Waals surface area contributed by atoms with Crippen molar-refractivity contribution in [3.8, 4) is 6.07 Å². The van der Waals surface area contributed by atoms with Gasteiger partial charge in [0.05, 0.1) is 24.3 Å². The lowest BCUT2D eigenvalue weighted by Crippen LogP contribution is -2.27. The summed E-state index contributed by atoms with van der Waals surface area (Å²) in [4.78, 5) is 14.7. The van der Waals surface area contributed by atoms with Crippen LogP contribution in [0.5, 0.6) is 0 Å². The fraction of sp³-hybridized carbons (Fsp3) is 0.182. The van der Waals surface area contributed by atoms with Gasteiger partial charge in [0.25, 0.3) is 0 Å².